The number of nitrogens with zero attached hydrogens (tertiary/aromatic N) is 1. The summed E-state index contributed by atoms with van der Waals surface area (Å²) in [5.74, 6) is -0.506. The first kappa shape index (κ1) is 16.6. The summed E-state index contributed by atoms with van der Waals surface area (Å²) >= 11 is 5.87. The van der Waals surface area contributed by atoms with Crippen LogP contribution in [0.2, 0.25) is 5.02 Å². The quantitative estimate of drug-likeness (QED) is 0.473. The zero-order valence-corrected chi connectivity index (χ0v) is 14.7. The maximum absolute atomic E-state index is 12.3. The number of carbonyl (C=O) groups excluding carboxylic acids is 1. The van der Waals surface area contributed by atoms with Gasteiger partial charge in [0, 0.05) is 16.1 Å². The Morgan fingerprint density at radius 3 is 1.92 bits per heavy atom. The van der Waals surface area contributed by atoms with Crippen molar-refractivity contribution in [1.82, 2.24) is 0 Å². The van der Waals surface area contributed by atoms with Crippen LogP contribution in [0.3, 0.4) is 0 Å². The predicted octanol–water partition coefficient (Wildman–Crippen LogP) is 5.05. The number of rotatable bonds is 2. The Labute approximate surface area is 156 Å². The summed E-state index contributed by atoms with van der Waals surface area (Å²) in [6.45, 7) is 0. The van der Waals surface area contributed by atoms with E-state index in [9.17, 15) is 4.79 Å². The highest BCUT2D eigenvalue weighted by Crippen LogP contribution is 2.25. The van der Waals surface area contributed by atoms with Crippen molar-refractivity contribution in [3.05, 3.63) is 106 Å². The molecule has 0 unspecified atom stereocenters. The lowest BCUT2D eigenvalue weighted by Gasteiger charge is -2.09. The van der Waals surface area contributed by atoms with Crippen LogP contribution in [-0.4, -0.2) is 11.7 Å². The first-order chi connectivity index (χ1) is 12.7. The Balaban J connectivity index is 1.73. The Morgan fingerprint density at radius 1 is 0.808 bits per heavy atom. The number of aryl methyl sites for hydroxylation is 2. The summed E-state index contributed by atoms with van der Waals surface area (Å²) in [5.41, 5.74) is 5.50. The minimum atomic E-state index is -0.506. The molecule has 0 N–H and O–H groups in total. The highest BCUT2D eigenvalue weighted by Gasteiger charge is 2.20. The van der Waals surface area contributed by atoms with Gasteiger partial charge >= 0.3 is 5.97 Å². The third kappa shape index (κ3) is 3.26. The lowest BCUT2D eigenvalue weighted by Crippen LogP contribution is -2.09. The molecule has 0 atom stereocenters. The van der Waals surface area contributed by atoms with E-state index in [-0.39, 0.29) is 0 Å². The van der Waals surface area contributed by atoms with Gasteiger partial charge in [-0.2, -0.15) is 0 Å². The van der Waals surface area contributed by atoms with E-state index in [1.54, 1.807) is 24.3 Å². The third-order valence-corrected chi connectivity index (χ3v) is 4.76. The SMILES string of the molecule is O=C(ON=C1c2ccccc2CCc2ccccc21)c1ccc(Cl)cc1. The van der Waals surface area contributed by atoms with Gasteiger partial charge < -0.3 is 4.84 Å². The molecular weight excluding hydrogens is 346 g/mol. The summed E-state index contributed by atoms with van der Waals surface area (Å²) in [4.78, 5) is 17.6. The molecule has 4 rings (SSSR count). The molecule has 3 aromatic carbocycles. The van der Waals surface area contributed by atoms with Crippen LogP contribution in [0.1, 0.15) is 32.6 Å². The van der Waals surface area contributed by atoms with E-state index in [1.165, 1.54) is 11.1 Å². The summed E-state index contributed by atoms with van der Waals surface area (Å²) in [5, 5.41) is 4.83. The first-order valence-corrected chi connectivity index (χ1v) is 8.81. The van der Waals surface area contributed by atoms with Crippen molar-refractivity contribution in [3.63, 3.8) is 0 Å². The Kier molecular flexibility index (Phi) is 4.55. The normalized spacial score (nSPS) is 12.6. The molecule has 1 aliphatic carbocycles. The van der Waals surface area contributed by atoms with Crippen LogP contribution in [0, 0.1) is 0 Å². The molecular formula is C22H16ClNO2. The van der Waals surface area contributed by atoms with Gasteiger partial charge in [0.15, 0.2) is 0 Å². The number of halogens is 1. The molecule has 0 saturated carbocycles. The van der Waals surface area contributed by atoms with Gasteiger partial charge in [-0.1, -0.05) is 65.3 Å². The Bertz CT molecular complexity index is 944. The van der Waals surface area contributed by atoms with Crippen molar-refractivity contribution in [2.45, 2.75) is 12.8 Å². The zero-order valence-electron chi connectivity index (χ0n) is 14.0. The van der Waals surface area contributed by atoms with Crippen molar-refractivity contribution >= 4 is 23.3 Å². The molecule has 1 aliphatic rings. The second-order valence-corrected chi connectivity index (χ2v) is 6.58. The number of hydrogen-bond acceptors (Lipinski definition) is 3. The van der Waals surface area contributed by atoms with E-state index < -0.39 is 5.97 Å². The van der Waals surface area contributed by atoms with Crippen LogP contribution in [0.15, 0.2) is 78.0 Å². The predicted molar refractivity (Wildman–Crippen MR) is 103 cm³/mol. The summed E-state index contributed by atoms with van der Waals surface area (Å²) < 4.78 is 0. The van der Waals surface area contributed by atoms with Crippen LogP contribution in [0.5, 0.6) is 0 Å². The average molecular weight is 362 g/mol. The Hall–Kier alpha value is -2.91. The van der Waals surface area contributed by atoms with Gasteiger partial charge in [-0.05, 0) is 48.2 Å². The van der Waals surface area contributed by atoms with Crippen molar-refractivity contribution in [3.8, 4) is 0 Å². The van der Waals surface area contributed by atoms with E-state index in [2.05, 4.69) is 17.3 Å². The van der Waals surface area contributed by atoms with E-state index in [0.29, 0.717) is 16.3 Å². The van der Waals surface area contributed by atoms with Crippen LogP contribution >= 0.6 is 11.6 Å². The maximum Gasteiger partial charge on any atom is 0.365 e. The fourth-order valence-corrected chi connectivity index (χ4v) is 3.30. The number of fused-ring (bicyclic) bond motifs is 2. The molecule has 0 spiro atoms. The highest BCUT2D eigenvalue weighted by molar-refractivity contribution is 6.30. The molecule has 0 saturated heterocycles. The molecule has 0 heterocycles. The number of oxime groups is 1. The smallest absolute Gasteiger partial charge is 0.312 e. The number of benzene rings is 3. The van der Waals surface area contributed by atoms with Crippen molar-refractivity contribution in [2.75, 3.05) is 0 Å². The van der Waals surface area contributed by atoms with Crippen molar-refractivity contribution < 1.29 is 9.63 Å². The lowest BCUT2D eigenvalue weighted by atomic mass is 9.98. The molecule has 3 nitrogen and oxygen atoms in total. The zero-order chi connectivity index (χ0) is 17.9. The van der Waals surface area contributed by atoms with Gasteiger partial charge in [-0.15, -0.1) is 0 Å². The maximum atomic E-state index is 12.3. The van der Waals surface area contributed by atoms with E-state index in [4.69, 9.17) is 16.4 Å². The molecule has 128 valence electrons. The molecule has 0 aliphatic heterocycles. The second kappa shape index (κ2) is 7.14. The fourth-order valence-electron chi connectivity index (χ4n) is 3.18. The van der Waals surface area contributed by atoms with Crippen LogP contribution < -0.4 is 0 Å². The molecule has 0 aromatic heterocycles. The summed E-state index contributed by atoms with van der Waals surface area (Å²) in [6, 6.07) is 22.8. The standard InChI is InChI=1S/C22H16ClNO2/c23-18-13-11-17(12-14-18)22(25)26-24-21-19-7-3-1-5-15(19)9-10-16-6-2-4-8-20(16)21/h1-8,11-14H,9-10H2. The summed E-state index contributed by atoms with van der Waals surface area (Å²) in [7, 11) is 0. The first-order valence-electron chi connectivity index (χ1n) is 8.44. The minimum absolute atomic E-state index is 0.411. The fraction of sp³-hybridized carbons (Fsp3) is 0.0909. The van der Waals surface area contributed by atoms with Crippen molar-refractivity contribution in [1.29, 1.82) is 0 Å². The van der Waals surface area contributed by atoms with Gasteiger partial charge in [-0.25, -0.2) is 4.79 Å². The van der Waals surface area contributed by atoms with E-state index in [0.717, 1.165) is 24.0 Å². The van der Waals surface area contributed by atoms with Crippen molar-refractivity contribution in [2.24, 2.45) is 5.16 Å². The monoisotopic (exact) mass is 361 g/mol. The minimum Gasteiger partial charge on any atom is -0.312 e. The number of carbonyl (C=O) groups is 1. The average Bonchev–Trinajstić information content (AvgIpc) is 2.84. The third-order valence-electron chi connectivity index (χ3n) is 4.51. The van der Waals surface area contributed by atoms with Gasteiger partial charge in [0.2, 0.25) is 0 Å². The summed E-state index contributed by atoms with van der Waals surface area (Å²) in [6.07, 6.45) is 1.86. The lowest BCUT2D eigenvalue weighted by molar-refractivity contribution is 0.0517. The molecule has 0 amide bonds. The largest absolute Gasteiger partial charge is 0.365 e. The highest BCUT2D eigenvalue weighted by atomic mass is 35.5. The topological polar surface area (TPSA) is 38.7 Å². The Morgan fingerprint density at radius 2 is 1.35 bits per heavy atom. The van der Waals surface area contributed by atoms with Gasteiger partial charge in [-0.3, -0.25) is 0 Å². The molecule has 0 radical (unpaired) electrons. The van der Waals surface area contributed by atoms with E-state index >= 15 is 0 Å². The number of hydrogen-bond donors (Lipinski definition) is 0. The molecule has 0 bridgehead atoms. The van der Waals surface area contributed by atoms with Gasteiger partial charge in [0.1, 0.15) is 5.71 Å². The molecule has 3 aromatic rings. The van der Waals surface area contributed by atoms with Crippen LogP contribution in [0.4, 0.5) is 0 Å². The van der Waals surface area contributed by atoms with Crippen LogP contribution in [-0.2, 0) is 17.7 Å². The van der Waals surface area contributed by atoms with Crippen LogP contribution in [0.25, 0.3) is 0 Å². The van der Waals surface area contributed by atoms with Gasteiger partial charge in [0.25, 0.3) is 0 Å². The molecule has 0 fully saturated rings. The van der Waals surface area contributed by atoms with E-state index in [1.807, 2.05) is 36.4 Å². The second-order valence-electron chi connectivity index (χ2n) is 6.14. The molecule has 4 heteroatoms. The van der Waals surface area contributed by atoms with Gasteiger partial charge in [0.05, 0.1) is 5.56 Å². The molecule has 26 heavy (non-hydrogen) atoms.